The summed E-state index contributed by atoms with van der Waals surface area (Å²) in [4.78, 5) is 26.1. The van der Waals surface area contributed by atoms with Gasteiger partial charge in [0.2, 0.25) is 5.79 Å². The van der Waals surface area contributed by atoms with Crippen LogP contribution in [0.5, 0.6) is 0 Å². The first kappa shape index (κ1) is 16.3. The molecule has 4 aliphatic carbocycles. The molecule has 1 aromatic rings. The molecule has 0 spiro atoms. The fourth-order valence-electron chi connectivity index (χ4n) is 7.37. The lowest BCUT2D eigenvalue weighted by molar-refractivity contribution is -0.185. The van der Waals surface area contributed by atoms with E-state index in [0.29, 0.717) is 0 Å². The number of fused-ring (bicyclic) bond motifs is 11. The summed E-state index contributed by atoms with van der Waals surface area (Å²) in [6.45, 7) is 0. The molecule has 3 fully saturated rings. The average molecular weight is 358 g/mol. The molecule has 0 saturated heterocycles. The van der Waals surface area contributed by atoms with Crippen LogP contribution in [0.15, 0.2) is 24.3 Å². The Morgan fingerprint density at radius 2 is 1.27 bits per heavy atom. The molecule has 6 atom stereocenters. The molecule has 1 aromatic carbocycles. The molecule has 6 heteroatoms. The van der Waals surface area contributed by atoms with Crippen LogP contribution in [0, 0.1) is 22.7 Å². The molecule has 0 N–H and O–H groups in total. The Labute approximate surface area is 151 Å². The Bertz CT molecular complexity index is 766. The van der Waals surface area contributed by atoms with Crippen LogP contribution in [-0.2, 0) is 28.5 Å². The molecule has 4 aliphatic rings. The molecule has 0 aromatic heterocycles. The number of esters is 2. The minimum absolute atomic E-state index is 0.0474. The van der Waals surface area contributed by atoms with E-state index in [1.54, 1.807) is 0 Å². The molecule has 0 aliphatic heterocycles. The van der Waals surface area contributed by atoms with Gasteiger partial charge >= 0.3 is 11.9 Å². The average Bonchev–Trinajstić information content (AvgIpc) is 2.94. The summed E-state index contributed by atoms with van der Waals surface area (Å²) in [5.41, 5.74) is 0.244. The summed E-state index contributed by atoms with van der Waals surface area (Å²) >= 11 is 0. The molecule has 26 heavy (non-hydrogen) atoms. The van der Waals surface area contributed by atoms with Crippen LogP contribution in [-0.4, -0.2) is 46.2 Å². The molecule has 2 bridgehead atoms. The summed E-state index contributed by atoms with van der Waals surface area (Å²) in [5.74, 6) is -1.93. The van der Waals surface area contributed by atoms with E-state index in [-0.39, 0.29) is 23.7 Å². The van der Waals surface area contributed by atoms with Crippen molar-refractivity contribution < 1.29 is 28.5 Å². The van der Waals surface area contributed by atoms with E-state index in [1.165, 1.54) is 39.6 Å². The van der Waals surface area contributed by atoms with Crippen molar-refractivity contribution in [3.63, 3.8) is 0 Å². The number of carbonyl (C=O) groups is 2. The van der Waals surface area contributed by atoms with Crippen LogP contribution < -0.4 is 0 Å². The number of carbonyl (C=O) groups excluding carboxylic acids is 2. The lowest BCUT2D eigenvalue weighted by Crippen LogP contribution is -2.56. The van der Waals surface area contributed by atoms with Gasteiger partial charge in [0.1, 0.15) is 10.8 Å². The van der Waals surface area contributed by atoms with Gasteiger partial charge in [-0.3, -0.25) is 9.59 Å². The third-order valence-electron chi connectivity index (χ3n) is 7.74. The van der Waals surface area contributed by atoms with Gasteiger partial charge in [0.05, 0.1) is 14.2 Å². The minimum Gasteiger partial charge on any atom is -0.468 e. The Balaban J connectivity index is 1.75. The first-order chi connectivity index (χ1) is 12.5. The van der Waals surface area contributed by atoms with Crippen LogP contribution in [0.3, 0.4) is 0 Å². The van der Waals surface area contributed by atoms with E-state index >= 15 is 0 Å². The maximum absolute atomic E-state index is 13.1. The summed E-state index contributed by atoms with van der Waals surface area (Å²) in [5, 5.41) is 0. The first-order valence-electron chi connectivity index (χ1n) is 8.91. The Morgan fingerprint density at radius 1 is 0.846 bits per heavy atom. The molecule has 3 saturated carbocycles. The van der Waals surface area contributed by atoms with Gasteiger partial charge in [-0.15, -0.1) is 0 Å². The van der Waals surface area contributed by atoms with Crippen molar-refractivity contribution >= 4 is 11.9 Å². The first-order valence-corrected chi connectivity index (χ1v) is 8.91. The zero-order chi connectivity index (χ0) is 18.5. The van der Waals surface area contributed by atoms with Crippen LogP contribution in [0.2, 0.25) is 0 Å². The topological polar surface area (TPSA) is 71.1 Å². The van der Waals surface area contributed by atoms with E-state index in [4.69, 9.17) is 18.9 Å². The second kappa shape index (κ2) is 4.67. The number of ether oxygens (including phenoxy) is 4. The molecule has 0 heterocycles. The highest BCUT2D eigenvalue weighted by Crippen LogP contribution is 2.97. The van der Waals surface area contributed by atoms with Crippen molar-refractivity contribution in [2.24, 2.45) is 22.7 Å². The molecule has 138 valence electrons. The van der Waals surface area contributed by atoms with E-state index in [0.717, 1.165) is 6.42 Å². The predicted octanol–water partition coefficient (Wildman–Crippen LogP) is 1.84. The molecule has 6 nitrogen and oxygen atoms in total. The number of benzene rings is 1. The Hall–Kier alpha value is -1.92. The zero-order valence-corrected chi connectivity index (χ0v) is 15.3. The van der Waals surface area contributed by atoms with Crippen LogP contribution in [0.25, 0.3) is 0 Å². The van der Waals surface area contributed by atoms with Crippen molar-refractivity contribution in [3.8, 4) is 0 Å². The van der Waals surface area contributed by atoms with Crippen LogP contribution in [0.1, 0.15) is 29.4 Å². The van der Waals surface area contributed by atoms with Gasteiger partial charge in [0.15, 0.2) is 0 Å². The van der Waals surface area contributed by atoms with Gasteiger partial charge < -0.3 is 18.9 Å². The minimum atomic E-state index is -1.34. The largest absolute Gasteiger partial charge is 0.468 e. The molecule has 5 rings (SSSR count). The molecule has 0 amide bonds. The Morgan fingerprint density at radius 3 is 1.62 bits per heavy atom. The quantitative estimate of drug-likeness (QED) is 0.465. The van der Waals surface area contributed by atoms with Crippen molar-refractivity contribution in [2.75, 3.05) is 28.4 Å². The fourth-order valence-corrected chi connectivity index (χ4v) is 7.37. The highest BCUT2D eigenvalue weighted by Gasteiger charge is 3.10. The van der Waals surface area contributed by atoms with E-state index in [9.17, 15) is 9.59 Å². The zero-order valence-electron chi connectivity index (χ0n) is 15.3. The van der Waals surface area contributed by atoms with Gasteiger partial charge in [0.25, 0.3) is 0 Å². The number of hydrogen-bond acceptors (Lipinski definition) is 6. The third kappa shape index (κ3) is 1.16. The van der Waals surface area contributed by atoms with Crippen molar-refractivity contribution in [1.29, 1.82) is 0 Å². The van der Waals surface area contributed by atoms with Crippen LogP contribution in [0.4, 0.5) is 0 Å². The third-order valence-corrected chi connectivity index (χ3v) is 7.74. The van der Waals surface area contributed by atoms with E-state index in [1.807, 2.05) is 12.1 Å². The number of rotatable bonds is 4. The molecule has 0 radical (unpaired) electrons. The molecular weight excluding hydrogens is 336 g/mol. The second-order valence-corrected chi connectivity index (χ2v) is 7.75. The van der Waals surface area contributed by atoms with Gasteiger partial charge in [-0.1, -0.05) is 24.3 Å². The maximum Gasteiger partial charge on any atom is 0.319 e. The lowest BCUT2D eigenvalue weighted by atomic mass is 9.51. The smallest absolute Gasteiger partial charge is 0.319 e. The summed E-state index contributed by atoms with van der Waals surface area (Å²) in [6.07, 6.45) is 0.940. The Kier molecular flexibility index (Phi) is 2.92. The number of hydrogen-bond donors (Lipinski definition) is 0. The second-order valence-electron chi connectivity index (χ2n) is 7.75. The summed E-state index contributed by atoms with van der Waals surface area (Å²) in [6, 6.07) is 8.31. The van der Waals surface area contributed by atoms with Crippen molar-refractivity contribution in [2.45, 2.75) is 24.0 Å². The summed E-state index contributed by atoms with van der Waals surface area (Å²) < 4.78 is 21.9. The molecule has 2 unspecified atom stereocenters. The summed E-state index contributed by atoms with van der Waals surface area (Å²) in [7, 11) is 5.67. The monoisotopic (exact) mass is 358 g/mol. The van der Waals surface area contributed by atoms with Gasteiger partial charge in [-0.05, 0) is 41.2 Å². The van der Waals surface area contributed by atoms with Crippen LogP contribution >= 0.6 is 0 Å². The SMILES string of the molecule is COC(=O)[C@@]12C3C([C@@H]4C[C@H]3c3ccccc34)[C@]1(C(=O)OC)C2(OC)OC. The van der Waals surface area contributed by atoms with E-state index in [2.05, 4.69) is 12.1 Å². The predicted molar refractivity (Wildman–Crippen MR) is 89.2 cm³/mol. The standard InChI is InChI=1S/C20H22O6/c1-23-16(21)18-14-12-9-13(11-8-6-5-7-10(11)12)15(14)19(18,17(22)24-2)20(18,25-3)26-4/h5-8,12-15H,9H2,1-4H3/t12-,13+,14?,15?,18-,19+. The highest BCUT2D eigenvalue weighted by molar-refractivity contribution is 6.02. The van der Waals surface area contributed by atoms with E-state index < -0.39 is 28.6 Å². The normalized spacial score (nSPS) is 42.2. The highest BCUT2D eigenvalue weighted by atomic mass is 16.7. The lowest BCUT2D eigenvalue weighted by Gasteiger charge is -2.48. The maximum atomic E-state index is 13.1. The van der Waals surface area contributed by atoms with Gasteiger partial charge in [-0.2, -0.15) is 0 Å². The molecular formula is C20H22O6. The van der Waals surface area contributed by atoms with Crippen molar-refractivity contribution in [1.82, 2.24) is 0 Å². The van der Waals surface area contributed by atoms with Gasteiger partial charge in [0, 0.05) is 14.2 Å². The van der Waals surface area contributed by atoms with Gasteiger partial charge in [-0.25, -0.2) is 0 Å². The van der Waals surface area contributed by atoms with Crippen molar-refractivity contribution in [3.05, 3.63) is 35.4 Å². The fraction of sp³-hybridized carbons (Fsp3) is 0.600. The number of methoxy groups -OCH3 is 4.